The zero-order valence-electron chi connectivity index (χ0n) is 7.68. The van der Waals surface area contributed by atoms with E-state index >= 15 is 0 Å². The standard InChI is InChI=1S/C9H9FN2O2S/c10-8-5-7(12(13)14)4-6(9(8)11)2-1-3-15/h1-2,4-5,15H,3,11H2. The Morgan fingerprint density at radius 1 is 1.60 bits per heavy atom. The summed E-state index contributed by atoms with van der Waals surface area (Å²) in [6.07, 6.45) is 3.12. The van der Waals surface area contributed by atoms with Crippen molar-refractivity contribution >= 4 is 30.1 Å². The van der Waals surface area contributed by atoms with Gasteiger partial charge < -0.3 is 5.73 Å². The minimum absolute atomic E-state index is 0.0985. The molecule has 0 saturated heterocycles. The van der Waals surface area contributed by atoms with Crippen molar-refractivity contribution in [2.45, 2.75) is 0 Å². The van der Waals surface area contributed by atoms with Gasteiger partial charge in [0.25, 0.3) is 5.69 Å². The van der Waals surface area contributed by atoms with Gasteiger partial charge in [-0.2, -0.15) is 12.6 Å². The van der Waals surface area contributed by atoms with E-state index in [1.807, 2.05) is 0 Å². The number of nitrogen functional groups attached to an aromatic ring is 1. The molecule has 0 aliphatic carbocycles. The maximum absolute atomic E-state index is 13.1. The average Bonchev–Trinajstić information content (AvgIpc) is 2.19. The normalized spacial score (nSPS) is 10.8. The summed E-state index contributed by atoms with van der Waals surface area (Å²) in [5, 5.41) is 10.4. The van der Waals surface area contributed by atoms with Gasteiger partial charge in [-0.15, -0.1) is 0 Å². The van der Waals surface area contributed by atoms with Gasteiger partial charge >= 0.3 is 0 Å². The summed E-state index contributed by atoms with van der Waals surface area (Å²) in [6, 6.07) is 2.02. The van der Waals surface area contributed by atoms with Gasteiger partial charge in [0.1, 0.15) is 0 Å². The van der Waals surface area contributed by atoms with Crippen LogP contribution in [0.4, 0.5) is 15.8 Å². The molecule has 4 nitrogen and oxygen atoms in total. The van der Waals surface area contributed by atoms with E-state index in [2.05, 4.69) is 12.6 Å². The third-order valence-corrected chi connectivity index (χ3v) is 1.97. The predicted molar refractivity (Wildman–Crippen MR) is 60.4 cm³/mol. The second-order valence-electron chi connectivity index (χ2n) is 2.77. The molecule has 6 heteroatoms. The van der Waals surface area contributed by atoms with Crippen LogP contribution >= 0.6 is 12.6 Å². The zero-order valence-corrected chi connectivity index (χ0v) is 8.58. The first-order valence-corrected chi connectivity index (χ1v) is 4.70. The molecular weight excluding hydrogens is 219 g/mol. The second kappa shape index (κ2) is 4.79. The topological polar surface area (TPSA) is 69.2 Å². The summed E-state index contributed by atoms with van der Waals surface area (Å²) in [5.41, 5.74) is 5.29. The molecule has 1 aromatic carbocycles. The predicted octanol–water partition coefficient (Wildman–Crippen LogP) is 2.26. The Morgan fingerprint density at radius 3 is 2.80 bits per heavy atom. The number of thiol groups is 1. The Labute approximate surface area is 91.2 Å². The van der Waals surface area contributed by atoms with Gasteiger partial charge in [0.2, 0.25) is 0 Å². The van der Waals surface area contributed by atoms with Crippen LogP contribution in [0.3, 0.4) is 0 Å². The second-order valence-corrected chi connectivity index (χ2v) is 3.14. The lowest BCUT2D eigenvalue weighted by Gasteiger charge is -2.01. The van der Waals surface area contributed by atoms with E-state index < -0.39 is 10.7 Å². The number of hydrogen-bond donors (Lipinski definition) is 2. The average molecular weight is 228 g/mol. The van der Waals surface area contributed by atoms with Gasteiger partial charge in [-0.25, -0.2) is 4.39 Å². The van der Waals surface area contributed by atoms with Crippen molar-refractivity contribution in [3.05, 3.63) is 39.7 Å². The maximum Gasteiger partial charge on any atom is 0.273 e. The van der Waals surface area contributed by atoms with Crippen molar-refractivity contribution in [2.75, 3.05) is 11.5 Å². The number of halogens is 1. The monoisotopic (exact) mass is 228 g/mol. The summed E-state index contributed by atoms with van der Waals surface area (Å²) < 4.78 is 13.1. The summed E-state index contributed by atoms with van der Waals surface area (Å²) in [6.45, 7) is 0. The van der Waals surface area contributed by atoms with Crippen LogP contribution in [0.1, 0.15) is 5.56 Å². The number of hydrogen-bond acceptors (Lipinski definition) is 4. The molecule has 0 heterocycles. The summed E-state index contributed by atoms with van der Waals surface area (Å²) in [7, 11) is 0. The first-order chi connectivity index (χ1) is 7.06. The zero-order chi connectivity index (χ0) is 11.4. The maximum atomic E-state index is 13.1. The molecule has 0 fully saturated rings. The van der Waals surface area contributed by atoms with Crippen LogP contribution in [0.5, 0.6) is 0 Å². The number of anilines is 1. The smallest absolute Gasteiger partial charge is 0.273 e. The SMILES string of the molecule is Nc1c(F)cc([N+](=O)[O-])cc1C=CCS. The lowest BCUT2D eigenvalue weighted by atomic mass is 10.1. The van der Waals surface area contributed by atoms with Crippen molar-refractivity contribution in [2.24, 2.45) is 0 Å². The first kappa shape index (κ1) is 11.5. The minimum Gasteiger partial charge on any atom is -0.396 e. The third kappa shape index (κ3) is 2.69. The molecule has 0 spiro atoms. The Balaban J connectivity index is 3.24. The Morgan fingerprint density at radius 2 is 2.27 bits per heavy atom. The molecule has 15 heavy (non-hydrogen) atoms. The van der Waals surface area contributed by atoms with Crippen LogP contribution in [0.2, 0.25) is 0 Å². The van der Waals surface area contributed by atoms with Gasteiger partial charge in [-0.3, -0.25) is 10.1 Å². The quantitative estimate of drug-likeness (QED) is 0.361. The van der Waals surface area contributed by atoms with Gasteiger partial charge in [-0.05, 0) is 0 Å². The number of rotatable bonds is 3. The highest BCUT2D eigenvalue weighted by molar-refractivity contribution is 7.80. The fourth-order valence-electron chi connectivity index (χ4n) is 1.05. The number of nitrogens with zero attached hydrogens (tertiary/aromatic N) is 1. The largest absolute Gasteiger partial charge is 0.396 e. The molecule has 1 aromatic rings. The van der Waals surface area contributed by atoms with Gasteiger partial charge in [0.05, 0.1) is 16.7 Å². The molecule has 0 aliphatic rings. The Hall–Kier alpha value is -1.56. The van der Waals surface area contributed by atoms with E-state index in [0.717, 1.165) is 6.07 Å². The van der Waals surface area contributed by atoms with Crippen LogP contribution < -0.4 is 5.73 Å². The van der Waals surface area contributed by atoms with Crippen LogP contribution in [0, 0.1) is 15.9 Å². The molecule has 80 valence electrons. The summed E-state index contributed by atoms with van der Waals surface area (Å²) in [4.78, 5) is 9.78. The fraction of sp³-hybridized carbons (Fsp3) is 0.111. The molecule has 0 unspecified atom stereocenters. The molecular formula is C9H9FN2O2S. The van der Waals surface area contributed by atoms with Gasteiger partial charge in [-0.1, -0.05) is 12.2 Å². The van der Waals surface area contributed by atoms with Gasteiger partial charge in [0.15, 0.2) is 5.82 Å². The molecule has 0 amide bonds. The van der Waals surface area contributed by atoms with Crippen LogP contribution in [0.15, 0.2) is 18.2 Å². The molecule has 0 atom stereocenters. The van der Waals surface area contributed by atoms with Crippen LogP contribution in [-0.2, 0) is 0 Å². The number of nitro groups is 1. The number of nitro benzene ring substituents is 1. The molecule has 0 aliphatic heterocycles. The minimum atomic E-state index is -0.789. The first-order valence-electron chi connectivity index (χ1n) is 4.07. The lowest BCUT2D eigenvalue weighted by Crippen LogP contribution is -1.97. The highest BCUT2D eigenvalue weighted by atomic mass is 32.1. The van der Waals surface area contributed by atoms with E-state index in [4.69, 9.17) is 5.73 Å². The molecule has 2 N–H and O–H groups in total. The number of nitrogens with two attached hydrogens (primary N) is 1. The van der Waals surface area contributed by atoms with E-state index in [1.165, 1.54) is 12.1 Å². The Kier molecular flexibility index (Phi) is 3.68. The molecule has 0 aromatic heterocycles. The molecule has 0 saturated carbocycles. The number of benzene rings is 1. The summed E-state index contributed by atoms with van der Waals surface area (Å²) >= 11 is 3.92. The van der Waals surface area contributed by atoms with Crippen LogP contribution in [-0.4, -0.2) is 10.7 Å². The van der Waals surface area contributed by atoms with E-state index in [9.17, 15) is 14.5 Å². The van der Waals surface area contributed by atoms with Gasteiger partial charge in [0, 0.05) is 17.4 Å². The van der Waals surface area contributed by atoms with E-state index in [0.29, 0.717) is 5.75 Å². The molecule has 1 rings (SSSR count). The van der Waals surface area contributed by atoms with E-state index in [-0.39, 0.29) is 16.9 Å². The molecule has 0 radical (unpaired) electrons. The number of non-ortho nitro benzene ring substituents is 1. The summed E-state index contributed by atoms with van der Waals surface area (Å²) in [5.74, 6) is -0.341. The van der Waals surface area contributed by atoms with E-state index in [1.54, 1.807) is 6.08 Å². The van der Waals surface area contributed by atoms with Crippen LogP contribution in [0.25, 0.3) is 6.08 Å². The fourth-order valence-corrected chi connectivity index (χ4v) is 1.15. The highest BCUT2D eigenvalue weighted by Gasteiger charge is 2.12. The van der Waals surface area contributed by atoms with Crippen molar-refractivity contribution in [1.29, 1.82) is 0 Å². The third-order valence-electron chi connectivity index (χ3n) is 1.76. The van der Waals surface area contributed by atoms with Crippen molar-refractivity contribution in [1.82, 2.24) is 0 Å². The Bertz CT molecular complexity index is 421. The van der Waals surface area contributed by atoms with Crippen molar-refractivity contribution in [3.63, 3.8) is 0 Å². The van der Waals surface area contributed by atoms with Crippen molar-refractivity contribution in [3.8, 4) is 0 Å². The molecule has 0 bridgehead atoms. The lowest BCUT2D eigenvalue weighted by molar-refractivity contribution is -0.385. The van der Waals surface area contributed by atoms with Crippen molar-refractivity contribution < 1.29 is 9.31 Å². The highest BCUT2D eigenvalue weighted by Crippen LogP contribution is 2.24.